The van der Waals surface area contributed by atoms with Gasteiger partial charge in [0.15, 0.2) is 0 Å². The van der Waals surface area contributed by atoms with Crippen molar-refractivity contribution < 1.29 is 9.95 Å². The minimum Gasteiger partial charge on any atom is -0.622 e. The molecule has 1 atom stereocenters. The van der Waals surface area contributed by atoms with Gasteiger partial charge in [0.1, 0.15) is 5.54 Å². The Morgan fingerprint density at radius 3 is 2.31 bits per heavy atom. The Bertz CT molecular complexity index is 426. The molecule has 1 aromatic rings. The summed E-state index contributed by atoms with van der Waals surface area (Å²) in [7, 11) is 0. The number of nitrogens with zero attached hydrogens (tertiary/aromatic N) is 2. The van der Waals surface area contributed by atoms with Crippen molar-refractivity contribution in [2.75, 3.05) is 0 Å². The third-order valence-corrected chi connectivity index (χ3v) is 3.11. The highest BCUT2D eigenvalue weighted by Gasteiger charge is 2.49. The number of hydrogen-bond donors (Lipinski definition) is 1. The van der Waals surface area contributed by atoms with Crippen LogP contribution in [-0.2, 0) is 0 Å². The average molecular weight is 220 g/mol. The van der Waals surface area contributed by atoms with Gasteiger partial charge in [-0.2, -0.15) is 4.74 Å². The molecule has 2 rings (SSSR count). The van der Waals surface area contributed by atoms with Crippen LogP contribution in [0, 0.1) is 5.21 Å². The first-order valence-corrected chi connectivity index (χ1v) is 5.33. The van der Waals surface area contributed by atoms with Crippen LogP contribution in [0.5, 0.6) is 0 Å². The quantitative estimate of drug-likeness (QED) is 0.580. The molecule has 1 aliphatic rings. The second-order valence-electron chi connectivity index (χ2n) is 4.58. The molecule has 0 aliphatic carbocycles. The van der Waals surface area contributed by atoms with E-state index < -0.39 is 11.7 Å². The van der Waals surface area contributed by atoms with E-state index in [-0.39, 0.29) is 0 Å². The van der Waals surface area contributed by atoms with Gasteiger partial charge in [0.25, 0.3) is 0 Å². The highest BCUT2D eigenvalue weighted by atomic mass is 16.5. The molecule has 0 fully saturated rings. The molecule has 1 N–H and O–H groups in total. The molecule has 86 valence electrons. The van der Waals surface area contributed by atoms with Gasteiger partial charge in [0.05, 0.1) is 0 Å². The first-order valence-electron chi connectivity index (χ1n) is 5.33. The van der Waals surface area contributed by atoms with Gasteiger partial charge >= 0.3 is 0 Å². The van der Waals surface area contributed by atoms with E-state index >= 15 is 0 Å². The lowest BCUT2D eigenvalue weighted by molar-refractivity contribution is -0.531. The van der Waals surface area contributed by atoms with Gasteiger partial charge < -0.3 is 10.4 Å². The molecule has 0 radical (unpaired) electrons. The van der Waals surface area contributed by atoms with Crippen LogP contribution in [0.25, 0.3) is 0 Å². The molecule has 1 aromatic carbocycles. The molecule has 0 saturated carbocycles. The summed E-state index contributed by atoms with van der Waals surface area (Å²) in [6.45, 7) is 5.36. The van der Waals surface area contributed by atoms with Gasteiger partial charge in [-0.25, -0.2) is 0 Å². The van der Waals surface area contributed by atoms with E-state index in [0.717, 1.165) is 15.4 Å². The zero-order valence-corrected chi connectivity index (χ0v) is 9.71. The SMILES string of the molecule is C[C@H]1N(O)C(C)(C)C(c2ccccc2)=[N+]1[O-]. The molecule has 16 heavy (non-hydrogen) atoms. The molecule has 0 saturated heterocycles. The zero-order valence-electron chi connectivity index (χ0n) is 9.71. The van der Waals surface area contributed by atoms with Crippen molar-refractivity contribution >= 4 is 5.71 Å². The molecule has 1 aliphatic heterocycles. The third kappa shape index (κ3) is 1.42. The van der Waals surface area contributed by atoms with Crippen LogP contribution in [0.3, 0.4) is 0 Å². The normalized spacial score (nSPS) is 25.1. The smallest absolute Gasteiger partial charge is 0.238 e. The molecule has 0 amide bonds. The molecule has 0 spiro atoms. The van der Waals surface area contributed by atoms with Crippen LogP contribution in [-0.4, -0.2) is 32.4 Å². The molecule has 4 heteroatoms. The minimum atomic E-state index is -0.664. The fourth-order valence-corrected chi connectivity index (χ4v) is 2.21. The summed E-state index contributed by atoms with van der Waals surface area (Å²) in [5, 5.41) is 23.0. The summed E-state index contributed by atoms with van der Waals surface area (Å²) in [6, 6.07) is 9.44. The van der Waals surface area contributed by atoms with Crippen LogP contribution in [0.4, 0.5) is 0 Å². The van der Waals surface area contributed by atoms with Crippen LogP contribution in [0.15, 0.2) is 30.3 Å². The van der Waals surface area contributed by atoms with Crippen molar-refractivity contribution in [3.63, 3.8) is 0 Å². The van der Waals surface area contributed by atoms with Crippen molar-refractivity contribution in [1.29, 1.82) is 0 Å². The Hall–Kier alpha value is -1.39. The summed E-state index contributed by atoms with van der Waals surface area (Å²) in [5.74, 6) is 0. The van der Waals surface area contributed by atoms with Crippen molar-refractivity contribution in [3.8, 4) is 0 Å². The molecular weight excluding hydrogens is 204 g/mol. The van der Waals surface area contributed by atoms with E-state index in [1.54, 1.807) is 6.92 Å². The molecule has 1 heterocycles. The van der Waals surface area contributed by atoms with Crippen LogP contribution in [0.1, 0.15) is 26.3 Å². The zero-order chi connectivity index (χ0) is 11.9. The fraction of sp³-hybridized carbons (Fsp3) is 0.417. The molecule has 0 unspecified atom stereocenters. The van der Waals surface area contributed by atoms with Gasteiger partial charge in [-0.1, -0.05) is 18.2 Å². The first kappa shape index (κ1) is 11.1. The average Bonchev–Trinajstić information content (AvgIpc) is 2.41. The van der Waals surface area contributed by atoms with Crippen molar-refractivity contribution in [2.24, 2.45) is 0 Å². The van der Waals surface area contributed by atoms with Crippen LogP contribution in [0.2, 0.25) is 0 Å². The minimum absolute atomic E-state index is 0.551. The maximum Gasteiger partial charge on any atom is 0.238 e. The van der Waals surface area contributed by atoms with E-state index in [4.69, 9.17) is 0 Å². The van der Waals surface area contributed by atoms with Gasteiger partial charge in [-0.15, -0.1) is 5.06 Å². The topological polar surface area (TPSA) is 49.5 Å². The lowest BCUT2D eigenvalue weighted by Gasteiger charge is -2.23. The number of hydrogen-bond acceptors (Lipinski definition) is 3. The molecule has 4 nitrogen and oxygen atoms in total. The molecular formula is C12H16N2O2. The Morgan fingerprint density at radius 2 is 1.88 bits per heavy atom. The third-order valence-electron chi connectivity index (χ3n) is 3.11. The van der Waals surface area contributed by atoms with E-state index in [2.05, 4.69) is 0 Å². The maximum atomic E-state index is 12.0. The number of hydroxylamine groups is 3. The van der Waals surface area contributed by atoms with Gasteiger partial charge in [0, 0.05) is 12.5 Å². The van der Waals surface area contributed by atoms with E-state index in [0.29, 0.717) is 5.71 Å². The fourth-order valence-electron chi connectivity index (χ4n) is 2.21. The summed E-state index contributed by atoms with van der Waals surface area (Å²) in [5.41, 5.74) is 0.789. The standard InChI is InChI=1S/C12H16N2O2/c1-9-13(15)11(12(2,3)14(9)16)10-7-5-4-6-8-10/h4-9,16H,1-3H3/t9-/m1/s1. The van der Waals surface area contributed by atoms with E-state index in [1.807, 2.05) is 44.2 Å². The summed E-state index contributed by atoms with van der Waals surface area (Å²) >= 11 is 0. The predicted octanol–water partition coefficient (Wildman–Crippen LogP) is 1.82. The van der Waals surface area contributed by atoms with Crippen molar-refractivity contribution in [1.82, 2.24) is 5.06 Å². The second-order valence-corrected chi connectivity index (χ2v) is 4.58. The molecule has 0 bridgehead atoms. The van der Waals surface area contributed by atoms with E-state index in [9.17, 15) is 10.4 Å². The highest BCUT2D eigenvalue weighted by Crippen LogP contribution is 2.28. The predicted molar refractivity (Wildman–Crippen MR) is 61.3 cm³/mol. The summed E-state index contributed by atoms with van der Waals surface area (Å²) in [4.78, 5) is 0. The van der Waals surface area contributed by atoms with Crippen molar-refractivity contribution in [3.05, 3.63) is 41.1 Å². The second kappa shape index (κ2) is 3.57. The number of benzene rings is 1. The first-order chi connectivity index (χ1) is 7.46. The Balaban J connectivity index is 2.55. The lowest BCUT2D eigenvalue weighted by atomic mass is 9.93. The largest absolute Gasteiger partial charge is 0.622 e. The summed E-state index contributed by atoms with van der Waals surface area (Å²) < 4.78 is 0.870. The van der Waals surface area contributed by atoms with Gasteiger partial charge in [-0.05, 0) is 26.0 Å². The Morgan fingerprint density at radius 1 is 1.31 bits per heavy atom. The van der Waals surface area contributed by atoms with Crippen molar-refractivity contribution in [2.45, 2.75) is 32.5 Å². The molecule has 0 aromatic heterocycles. The lowest BCUT2D eigenvalue weighted by Crippen LogP contribution is -2.45. The van der Waals surface area contributed by atoms with Crippen LogP contribution >= 0.6 is 0 Å². The Labute approximate surface area is 95.0 Å². The summed E-state index contributed by atoms with van der Waals surface area (Å²) in [6.07, 6.45) is -0.551. The Kier molecular flexibility index (Phi) is 2.48. The highest BCUT2D eigenvalue weighted by molar-refractivity contribution is 6.04. The monoisotopic (exact) mass is 220 g/mol. The van der Waals surface area contributed by atoms with Gasteiger partial charge in [-0.3, -0.25) is 0 Å². The maximum absolute atomic E-state index is 12.0. The van der Waals surface area contributed by atoms with Gasteiger partial charge in [0.2, 0.25) is 11.9 Å². The van der Waals surface area contributed by atoms with E-state index in [1.165, 1.54) is 0 Å². The number of rotatable bonds is 1. The van der Waals surface area contributed by atoms with Crippen LogP contribution < -0.4 is 0 Å².